The van der Waals surface area contributed by atoms with Gasteiger partial charge in [0, 0.05) is 5.54 Å². The summed E-state index contributed by atoms with van der Waals surface area (Å²) in [5.74, 6) is -1.53. The Labute approximate surface area is 174 Å². The fourth-order valence-electron chi connectivity index (χ4n) is 2.49. The summed E-state index contributed by atoms with van der Waals surface area (Å²) in [5.41, 5.74) is 2.08. The molecule has 1 heterocycles. The summed E-state index contributed by atoms with van der Waals surface area (Å²) in [6.07, 6.45) is 0. The summed E-state index contributed by atoms with van der Waals surface area (Å²) >= 11 is 6.31. The number of benzene rings is 1. The molecule has 0 aliphatic carbocycles. The van der Waals surface area contributed by atoms with Gasteiger partial charge in [-0.25, -0.2) is 14.3 Å². The van der Waals surface area contributed by atoms with Gasteiger partial charge in [0.1, 0.15) is 10.7 Å². The highest BCUT2D eigenvalue weighted by Crippen LogP contribution is 2.22. The number of nitrogens with zero attached hydrogens (tertiary/aromatic N) is 2. The fourth-order valence-corrected chi connectivity index (χ4v) is 2.81. The van der Waals surface area contributed by atoms with Crippen molar-refractivity contribution >= 4 is 29.5 Å². The summed E-state index contributed by atoms with van der Waals surface area (Å²) < 4.78 is 6.49. The molecule has 2 rings (SSSR count). The van der Waals surface area contributed by atoms with E-state index >= 15 is 0 Å². The highest BCUT2D eigenvalue weighted by molar-refractivity contribution is 6.32. The third-order valence-electron chi connectivity index (χ3n) is 3.80. The lowest BCUT2D eigenvalue weighted by Gasteiger charge is -2.20. The first-order chi connectivity index (χ1) is 13.5. The van der Waals surface area contributed by atoms with Crippen LogP contribution in [0.1, 0.15) is 48.0 Å². The van der Waals surface area contributed by atoms with Gasteiger partial charge >= 0.3 is 12.0 Å². The van der Waals surface area contributed by atoms with Gasteiger partial charge in [0.15, 0.2) is 6.61 Å². The van der Waals surface area contributed by atoms with Crippen molar-refractivity contribution in [2.45, 2.75) is 46.7 Å². The lowest BCUT2D eigenvalue weighted by atomic mass is 10.1. The molecule has 3 amide bonds. The Kier molecular flexibility index (Phi) is 7.02. The van der Waals surface area contributed by atoms with Gasteiger partial charge in [0.05, 0.1) is 12.2 Å². The Hall–Kier alpha value is -2.87. The van der Waals surface area contributed by atoms with E-state index in [1.807, 2.05) is 31.2 Å². The van der Waals surface area contributed by atoms with Gasteiger partial charge < -0.3 is 10.1 Å². The predicted molar refractivity (Wildman–Crippen MR) is 109 cm³/mol. The lowest BCUT2D eigenvalue weighted by Crippen LogP contribution is -2.49. The van der Waals surface area contributed by atoms with Crippen LogP contribution in [0.15, 0.2) is 24.3 Å². The van der Waals surface area contributed by atoms with E-state index in [0.29, 0.717) is 12.2 Å². The largest absolute Gasteiger partial charge is 0.452 e. The normalized spacial score (nSPS) is 11.1. The van der Waals surface area contributed by atoms with E-state index < -0.39 is 30.1 Å². The van der Waals surface area contributed by atoms with Gasteiger partial charge in [-0.3, -0.25) is 10.1 Å². The van der Waals surface area contributed by atoms with Gasteiger partial charge in [-0.2, -0.15) is 5.10 Å². The minimum absolute atomic E-state index is 0.0886. The van der Waals surface area contributed by atoms with E-state index in [-0.39, 0.29) is 10.7 Å². The van der Waals surface area contributed by atoms with Crippen LogP contribution >= 0.6 is 11.6 Å². The Morgan fingerprint density at radius 2 is 1.76 bits per heavy atom. The number of urea groups is 1. The zero-order chi connectivity index (χ0) is 21.8. The second-order valence-electron chi connectivity index (χ2n) is 7.72. The van der Waals surface area contributed by atoms with Crippen LogP contribution in [0.3, 0.4) is 0 Å². The number of aromatic nitrogens is 2. The summed E-state index contributed by atoms with van der Waals surface area (Å²) in [5, 5.41) is 9.07. The molecule has 0 saturated heterocycles. The lowest BCUT2D eigenvalue weighted by molar-refractivity contribution is -0.123. The van der Waals surface area contributed by atoms with Crippen molar-refractivity contribution in [3.63, 3.8) is 0 Å². The van der Waals surface area contributed by atoms with Crippen LogP contribution in [0.4, 0.5) is 4.79 Å². The van der Waals surface area contributed by atoms with E-state index in [0.717, 1.165) is 11.1 Å². The van der Waals surface area contributed by atoms with Crippen molar-refractivity contribution in [1.82, 2.24) is 20.4 Å². The molecule has 0 unspecified atom stereocenters. The van der Waals surface area contributed by atoms with Crippen molar-refractivity contribution in [2.24, 2.45) is 0 Å². The van der Waals surface area contributed by atoms with Crippen LogP contribution in [0.5, 0.6) is 0 Å². The molecule has 0 aliphatic rings. The second kappa shape index (κ2) is 9.09. The van der Waals surface area contributed by atoms with Crippen LogP contribution in [0.25, 0.3) is 0 Å². The molecule has 0 saturated carbocycles. The number of esters is 1. The third kappa shape index (κ3) is 6.60. The van der Waals surface area contributed by atoms with Gasteiger partial charge in [-0.1, -0.05) is 41.4 Å². The Bertz CT molecular complexity index is 914. The highest BCUT2D eigenvalue weighted by atomic mass is 35.5. The third-order valence-corrected chi connectivity index (χ3v) is 4.18. The average molecular weight is 421 g/mol. The van der Waals surface area contributed by atoms with Crippen molar-refractivity contribution in [3.05, 3.63) is 51.8 Å². The molecule has 1 aromatic heterocycles. The SMILES string of the molecule is Cc1ccc(Cn2nc(C)c(C(=O)OCC(=O)NC(=O)NC(C)(C)C)c2Cl)cc1. The Morgan fingerprint density at radius 1 is 1.14 bits per heavy atom. The number of hydrogen-bond acceptors (Lipinski definition) is 5. The monoisotopic (exact) mass is 420 g/mol. The smallest absolute Gasteiger partial charge is 0.343 e. The number of carbonyl (C=O) groups excluding carboxylic acids is 3. The van der Waals surface area contributed by atoms with Gasteiger partial charge in [-0.15, -0.1) is 0 Å². The van der Waals surface area contributed by atoms with E-state index in [1.165, 1.54) is 4.68 Å². The number of ether oxygens (including phenoxy) is 1. The molecule has 0 spiro atoms. The predicted octanol–water partition coefficient (Wildman–Crippen LogP) is 2.98. The first-order valence-corrected chi connectivity index (χ1v) is 9.41. The summed E-state index contributed by atoms with van der Waals surface area (Å²) in [6.45, 7) is 8.72. The maximum atomic E-state index is 12.4. The first-order valence-electron chi connectivity index (χ1n) is 9.04. The molecule has 9 heteroatoms. The Morgan fingerprint density at radius 3 is 2.34 bits per heavy atom. The number of hydrogen-bond donors (Lipinski definition) is 2. The fraction of sp³-hybridized carbons (Fsp3) is 0.400. The topological polar surface area (TPSA) is 102 Å². The number of imide groups is 1. The molecule has 0 fully saturated rings. The number of aryl methyl sites for hydroxylation is 2. The van der Waals surface area contributed by atoms with E-state index in [9.17, 15) is 14.4 Å². The molecule has 0 aliphatic heterocycles. The number of amides is 3. The van der Waals surface area contributed by atoms with Crippen molar-refractivity contribution in [2.75, 3.05) is 6.61 Å². The zero-order valence-corrected chi connectivity index (χ0v) is 17.9. The molecule has 0 radical (unpaired) electrons. The first kappa shape index (κ1) is 22.4. The number of halogens is 1. The maximum Gasteiger partial charge on any atom is 0.343 e. The molecular weight excluding hydrogens is 396 g/mol. The van der Waals surface area contributed by atoms with Crippen molar-refractivity contribution < 1.29 is 19.1 Å². The Balaban J connectivity index is 1.98. The summed E-state index contributed by atoms with van der Waals surface area (Å²) in [4.78, 5) is 35.9. The van der Waals surface area contributed by atoms with Crippen LogP contribution in [-0.2, 0) is 16.1 Å². The molecule has 2 aromatic rings. The van der Waals surface area contributed by atoms with Gasteiger partial charge in [0.2, 0.25) is 0 Å². The van der Waals surface area contributed by atoms with Crippen LogP contribution in [-0.4, -0.2) is 39.8 Å². The minimum atomic E-state index is -0.783. The average Bonchev–Trinajstić information content (AvgIpc) is 2.86. The molecule has 1 aromatic carbocycles. The van der Waals surface area contributed by atoms with Gasteiger partial charge in [-0.05, 0) is 40.2 Å². The van der Waals surface area contributed by atoms with E-state index in [2.05, 4.69) is 15.7 Å². The van der Waals surface area contributed by atoms with E-state index in [4.69, 9.17) is 16.3 Å². The standard InChI is InChI=1S/C20H25ClN4O4/c1-12-6-8-14(9-7-12)10-25-17(21)16(13(2)24-25)18(27)29-11-15(26)22-19(28)23-20(3,4)5/h6-9H,10-11H2,1-5H3,(H2,22,23,26,28). The highest BCUT2D eigenvalue weighted by Gasteiger charge is 2.23. The maximum absolute atomic E-state index is 12.4. The number of nitrogens with one attached hydrogen (secondary N) is 2. The molecule has 29 heavy (non-hydrogen) atoms. The van der Waals surface area contributed by atoms with Crippen molar-refractivity contribution in [3.8, 4) is 0 Å². The zero-order valence-electron chi connectivity index (χ0n) is 17.1. The van der Waals surface area contributed by atoms with Crippen LogP contribution < -0.4 is 10.6 Å². The molecular formula is C20H25ClN4O4. The van der Waals surface area contributed by atoms with Crippen LogP contribution in [0, 0.1) is 13.8 Å². The molecule has 0 atom stereocenters. The molecule has 156 valence electrons. The quantitative estimate of drug-likeness (QED) is 0.724. The van der Waals surface area contributed by atoms with Gasteiger partial charge in [0.25, 0.3) is 5.91 Å². The molecule has 8 nitrogen and oxygen atoms in total. The second-order valence-corrected chi connectivity index (χ2v) is 8.08. The molecule has 0 bridgehead atoms. The summed E-state index contributed by atoms with van der Waals surface area (Å²) in [6, 6.07) is 7.19. The van der Waals surface area contributed by atoms with Crippen molar-refractivity contribution in [1.29, 1.82) is 0 Å². The minimum Gasteiger partial charge on any atom is -0.452 e. The number of carbonyl (C=O) groups is 3. The number of rotatable bonds is 5. The summed E-state index contributed by atoms with van der Waals surface area (Å²) in [7, 11) is 0. The van der Waals surface area contributed by atoms with E-state index in [1.54, 1.807) is 27.7 Å². The van der Waals surface area contributed by atoms with Crippen LogP contribution in [0.2, 0.25) is 5.15 Å². The molecule has 2 N–H and O–H groups in total.